The lowest BCUT2D eigenvalue weighted by atomic mass is 10.1. The molecule has 0 fully saturated rings. The van der Waals surface area contributed by atoms with Gasteiger partial charge in [-0.1, -0.05) is 26.8 Å². The van der Waals surface area contributed by atoms with Crippen molar-refractivity contribution in [2.75, 3.05) is 5.73 Å². The standard InChI is InChI=1S/C15H19BrFN3/c1-4-13-19-14(15(18)20(13)8-9(2)3)10-5-6-11(16)12(17)7-10/h5-7,9H,4,8,18H2,1-3H3. The molecular formula is C15H19BrFN3. The minimum Gasteiger partial charge on any atom is -0.383 e. The van der Waals surface area contributed by atoms with Gasteiger partial charge in [-0.3, -0.25) is 0 Å². The van der Waals surface area contributed by atoms with Crippen molar-refractivity contribution in [2.24, 2.45) is 5.92 Å². The van der Waals surface area contributed by atoms with Crippen LogP contribution in [0.25, 0.3) is 11.3 Å². The van der Waals surface area contributed by atoms with Crippen LogP contribution in [0.5, 0.6) is 0 Å². The maximum absolute atomic E-state index is 13.7. The Kier molecular flexibility index (Phi) is 4.48. The molecule has 1 aromatic carbocycles. The van der Waals surface area contributed by atoms with Crippen LogP contribution in [0.3, 0.4) is 0 Å². The minimum atomic E-state index is -0.307. The number of nitrogens with zero attached hydrogens (tertiary/aromatic N) is 2. The summed E-state index contributed by atoms with van der Waals surface area (Å²) in [5, 5.41) is 0. The van der Waals surface area contributed by atoms with Crippen molar-refractivity contribution >= 4 is 21.7 Å². The third-order valence-corrected chi connectivity index (χ3v) is 3.79. The Labute approximate surface area is 127 Å². The second kappa shape index (κ2) is 5.95. The number of aromatic nitrogens is 2. The van der Waals surface area contributed by atoms with Gasteiger partial charge >= 0.3 is 0 Å². The normalized spacial score (nSPS) is 11.3. The van der Waals surface area contributed by atoms with E-state index in [0.29, 0.717) is 27.5 Å². The fourth-order valence-electron chi connectivity index (χ4n) is 2.21. The number of aryl methyl sites for hydroxylation is 1. The molecule has 1 aromatic heterocycles. The number of rotatable bonds is 4. The molecule has 0 aliphatic carbocycles. The minimum absolute atomic E-state index is 0.307. The van der Waals surface area contributed by atoms with Crippen LogP contribution in [0.2, 0.25) is 0 Å². The van der Waals surface area contributed by atoms with E-state index in [4.69, 9.17) is 5.73 Å². The summed E-state index contributed by atoms with van der Waals surface area (Å²) in [4.78, 5) is 4.58. The Morgan fingerprint density at radius 3 is 2.65 bits per heavy atom. The molecule has 0 aliphatic rings. The molecule has 0 atom stereocenters. The molecule has 0 radical (unpaired) electrons. The molecule has 20 heavy (non-hydrogen) atoms. The molecule has 0 bridgehead atoms. The number of hydrogen-bond donors (Lipinski definition) is 1. The fourth-order valence-corrected chi connectivity index (χ4v) is 2.45. The summed E-state index contributed by atoms with van der Waals surface area (Å²) in [6, 6.07) is 4.96. The molecule has 2 rings (SSSR count). The van der Waals surface area contributed by atoms with Crippen molar-refractivity contribution in [1.82, 2.24) is 9.55 Å². The van der Waals surface area contributed by atoms with Gasteiger partial charge in [-0.25, -0.2) is 9.37 Å². The Bertz CT molecular complexity index is 620. The quantitative estimate of drug-likeness (QED) is 0.904. The second-order valence-electron chi connectivity index (χ2n) is 5.25. The van der Waals surface area contributed by atoms with E-state index < -0.39 is 0 Å². The van der Waals surface area contributed by atoms with Crippen LogP contribution in [-0.2, 0) is 13.0 Å². The number of benzene rings is 1. The first kappa shape index (κ1) is 15.0. The molecule has 0 spiro atoms. The van der Waals surface area contributed by atoms with E-state index in [-0.39, 0.29) is 5.82 Å². The lowest BCUT2D eigenvalue weighted by Gasteiger charge is -2.11. The van der Waals surface area contributed by atoms with Gasteiger partial charge in [0, 0.05) is 18.5 Å². The summed E-state index contributed by atoms with van der Waals surface area (Å²) in [6.07, 6.45) is 0.802. The molecule has 1 heterocycles. The molecule has 0 aliphatic heterocycles. The van der Waals surface area contributed by atoms with Crippen LogP contribution < -0.4 is 5.73 Å². The van der Waals surface area contributed by atoms with E-state index in [1.54, 1.807) is 6.07 Å². The number of anilines is 1. The summed E-state index contributed by atoms with van der Waals surface area (Å²) < 4.78 is 16.1. The van der Waals surface area contributed by atoms with Crippen LogP contribution in [0.1, 0.15) is 26.6 Å². The number of nitrogen functional groups attached to an aromatic ring is 1. The zero-order valence-corrected chi connectivity index (χ0v) is 13.5. The van der Waals surface area contributed by atoms with Crippen molar-refractivity contribution in [3.63, 3.8) is 0 Å². The lowest BCUT2D eigenvalue weighted by Crippen LogP contribution is -2.10. The van der Waals surface area contributed by atoms with Gasteiger partial charge in [0.1, 0.15) is 23.2 Å². The van der Waals surface area contributed by atoms with Gasteiger partial charge in [0.25, 0.3) is 0 Å². The summed E-state index contributed by atoms with van der Waals surface area (Å²) in [7, 11) is 0. The Morgan fingerprint density at radius 1 is 1.40 bits per heavy atom. The van der Waals surface area contributed by atoms with E-state index in [0.717, 1.165) is 18.8 Å². The molecular weight excluding hydrogens is 321 g/mol. The molecule has 0 amide bonds. The monoisotopic (exact) mass is 339 g/mol. The lowest BCUT2D eigenvalue weighted by molar-refractivity contribution is 0.513. The highest BCUT2D eigenvalue weighted by molar-refractivity contribution is 9.10. The average molecular weight is 340 g/mol. The molecule has 3 nitrogen and oxygen atoms in total. The van der Waals surface area contributed by atoms with Gasteiger partial charge in [0.2, 0.25) is 0 Å². The van der Waals surface area contributed by atoms with Crippen molar-refractivity contribution in [3.05, 3.63) is 34.3 Å². The maximum atomic E-state index is 13.7. The largest absolute Gasteiger partial charge is 0.383 e. The van der Waals surface area contributed by atoms with Gasteiger partial charge in [0.05, 0.1) is 4.47 Å². The Morgan fingerprint density at radius 2 is 2.10 bits per heavy atom. The van der Waals surface area contributed by atoms with Gasteiger partial charge in [-0.2, -0.15) is 0 Å². The van der Waals surface area contributed by atoms with E-state index in [1.807, 2.05) is 17.6 Å². The van der Waals surface area contributed by atoms with Crippen molar-refractivity contribution < 1.29 is 4.39 Å². The smallest absolute Gasteiger partial charge is 0.138 e. The van der Waals surface area contributed by atoms with E-state index in [1.165, 1.54) is 6.07 Å². The maximum Gasteiger partial charge on any atom is 0.138 e. The van der Waals surface area contributed by atoms with E-state index in [2.05, 4.69) is 34.8 Å². The van der Waals surface area contributed by atoms with Crippen LogP contribution in [0.4, 0.5) is 10.2 Å². The van der Waals surface area contributed by atoms with Gasteiger partial charge in [0.15, 0.2) is 0 Å². The predicted octanol–water partition coefficient (Wildman–Crippen LogP) is 4.25. The highest BCUT2D eigenvalue weighted by Crippen LogP contribution is 2.29. The Hall–Kier alpha value is -1.36. The third kappa shape index (κ3) is 2.87. The van der Waals surface area contributed by atoms with E-state index >= 15 is 0 Å². The van der Waals surface area contributed by atoms with E-state index in [9.17, 15) is 4.39 Å². The SMILES string of the molecule is CCc1nc(-c2ccc(Br)c(F)c2)c(N)n1CC(C)C. The summed E-state index contributed by atoms with van der Waals surface area (Å²) in [5.74, 6) is 1.72. The van der Waals surface area contributed by atoms with Crippen molar-refractivity contribution in [3.8, 4) is 11.3 Å². The summed E-state index contributed by atoms with van der Waals surface area (Å²) in [5.41, 5.74) is 7.58. The molecule has 0 unspecified atom stereocenters. The first-order valence-electron chi connectivity index (χ1n) is 6.74. The predicted molar refractivity (Wildman–Crippen MR) is 83.9 cm³/mol. The summed E-state index contributed by atoms with van der Waals surface area (Å²) >= 11 is 3.15. The van der Waals surface area contributed by atoms with Crippen LogP contribution in [0.15, 0.2) is 22.7 Å². The third-order valence-electron chi connectivity index (χ3n) is 3.14. The van der Waals surface area contributed by atoms with Crippen molar-refractivity contribution in [2.45, 2.75) is 33.7 Å². The van der Waals surface area contributed by atoms with Gasteiger partial charge in [-0.15, -0.1) is 0 Å². The van der Waals surface area contributed by atoms with Crippen LogP contribution >= 0.6 is 15.9 Å². The number of hydrogen-bond acceptors (Lipinski definition) is 2. The first-order chi connectivity index (χ1) is 9.43. The second-order valence-corrected chi connectivity index (χ2v) is 6.10. The van der Waals surface area contributed by atoms with Gasteiger partial charge < -0.3 is 10.3 Å². The highest BCUT2D eigenvalue weighted by atomic mass is 79.9. The average Bonchev–Trinajstić information content (AvgIpc) is 2.70. The topological polar surface area (TPSA) is 43.8 Å². The molecule has 0 saturated heterocycles. The van der Waals surface area contributed by atoms with Gasteiger partial charge in [-0.05, 0) is 34.0 Å². The molecule has 2 aromatic rings. The molecule has 0 saturated carbocycles. The van der Waals surface area contributed by atoms with Crippen molar-refractivity contribution in [1.29, 1.82) is 0 Å². The molecule has 2 N–H and O–H groups in total. The fraction of sp³-hybridized carbons (Fsp3) is 0.400. The number of halogens is 2. The zero-order chi connectivity index (χ0) is 14.9. The Balaban J connectivity index is 2.51. The number of imidazole rings is 1. The summed E-state index contributed by atoms with van der Waals surface area (Å²) in [6.45, 7) is 7.14. The van der Waals surface area contributed by atoms with Crippen LogP contribution in [0, 0.1) is 11.7 Å². The first-order valence-corrected chi connectivity index (χ1v) is 7.53. The number of nitrogens with two attached hydrogens (primary N) is 1. The highest BCUT2D eigenvalue weighted by Gasteiger charge is 2.16. The zero-order valence-electron chi connectivity index (χ0n) is 12.0. The molecule has 108 valence electrons. The van der Waals surface area contributed by atoms with Crippen LogP contribution in [-0.4, -0.2) is 9.55 Å². The molecule has 5 heteroatoms.